The minimum absolute atomic E-state index is 0.169. The zero-order valence-corrected chi connectivity index (χ0v) is 18.8. The van der Waals surface area contributed by atoms with Gasteiger partial charge in [0.1, 0.15) is 10.8 Å². The van der Waals surface area contributed by atoms with Gasteiger partial charge in [-0.3, -0.25) is 4.79 Å². The molecule has 0 unspecified atom stereocenters. The second-order valence-corrected chi connectivity index (χ2v) is 8.83. The summed E-state index contributed by atoms with van der Waals surface area (Å²) in [5, 5.41) is 4.94. The van der Waals surface area contributed by atoms with E-state index < -0.39 is 0 Å². The summed E-state index contributed by atoms with van der Waals surface area (Å²) < 4.78 is 6.65. The third-order valence-corrected chi connectivity index (χ3v) is 6.28. The first-order valence-electron chi connectivity index (χ1n) is 8.94. The zero-order valence-electron chi connectivity index (χ0n) is 15.7. The van der Waals surface area contributed by atoms with Crippen LogP contribution in [0.3, 0.4) is 0 Å². The second-order valence-electron chi connectivity index (χ2n) is 6.55. The van der Waals surface area contributed by atoms with Crippen LogP contribution in [0.2, 0.25) is 15.1 Å². The molecule has 0 aliphatic carbocycles. The van der Waals surface area contributed by atoms with Gasteiger partial charge in [-0.15, -0.1) is 11.3 Å². The summed E-state index contributed by atoms with van der Waals surface area (Å²) in [6.45, 7) is 1.69. The van der Waals surface area contributed by atoms with Gasteiger partial charge in [-0.1, -0.05) is 46.9 Å². The van der Waals surface area contributed by atoms with Crippen molar-refractivity contribution >= 4 is 68.0 Å². The van der Waals surface area contributed by atoms with E-state index in [0.717, 1.165) is 20.8 Å². The molecule has 0 bridgehead atoms. The number of thiazole rings is 1. The molecule has 30 heavy (non-hydrogen) atoms. The van der Waals surface area contributed by atoms with Gasteiger partial charge in [0.2, 0.25) is 0 Å². The predicted octanol–water partition coefficient (Wildman–Crippen LogP) is 7.25. The van der Waals surface area contributed by atoms with Crippen LogP contribution in [0.4, 0.5) is 5.69 Å². The minimum atomic E-state index is -0.344. The number of benzene rings is 3. The van der Waals surface area contributed by atoms with Crippen molar-refractivity contribution in [2.45, 2.75) is 6.92 Å². The molecule has 0 aliphatic rings. The lowest BCUT2D eigenvalue weighted by atomic mass is 10.2. The molecule has 0 radical (unpaired) electrons. The maximum absolute atomic E-state index is 12.4. The lowest BCUT2D eigenvalue weighted by molar-refractivity contribution is -0.118. The molecule has 0 aliphatic heterocycles. The van der Waals surface area contributed by atoms with Crippen LogP contribution >= 0.6 is 46.1 Å². The molecule has 1 amide bonds. The van der Waals surface area contributed by atoms with Gasteiger partial charge in [0, 0.05) is 10.6 Å². The van der Waals surface area contributed by atoms with Crippen molar-refractivity contribution in [1.82, 2.24) is 4.98 Å². The van der Waals surface area contributed by atoms with Gasteiger partial charge in [0.05, 0.1) is 25.9 Å². The molecule has 4 nitrogen and oxygen atoms in total. The summed E-state index contributed by atoms with van der Waals surface area (Å²) in [4.78, 5) is 17.1. The Morgan fingerprint density at radius 1 is 1.07 bits per heavy atom. The van der Waals surface area contributed by atoms with Crippen LogP contribution < -0.4 is 10.1 Å². The van der Waals surface area contributed by atoms with Gasteiger partial charge in [-0.05, 0) is 55.0 Å². The van der Waals surface area contributed by atoms with Crippen LogP contribution in [0.1, 0.15) is 5.56 Å². The van der Waals surface area contributed by atoms with Crippen LogP contribution in [0.25, 0.3) is 20.8 Å². The minimum Gasteiger partial charge on any atom is -0.483 e. The maximum atomic E-state index is 12.4. The zero-order chi connectivity index (χ0) is 21.3. The highest BCUT2D eigenvalue weighted by molar-refractivity contribution is 7.21. The van der Waals surface area contributed by atoms with E-state index in [2.05, 4.69) is 10.3 Å². The maximum Gasteiger partial charge on any atom is 0.262 e. The molecular weight excluding hydrogens is 463 g/mol. The summed E-state index contributed by atoms with van der Waals surface area (Å²) in [6.07, 6.45) is 0. The van der Waals surface area contributed by atoms with Crippen molar-refractivity contribution in [3.63, 3.8) is 0 Å². The van der Waals surface area contributed by atoms with E-state index in [0.29, 0.717) is 32.1 Å². The first-order chi connectivity index (χ1) is 14.4. The number of nitrogens with one attached hydrogen (secondary N) is 1. The van der Waals surface area contributed by atoms with Crippen LogP contribution in [-0.4, -0.2) is 17.5 Å². The summed E-state index contributed by atoms with van der Waals surface area (Å²) >= 11 is 20.2. The Morgan fingerprint density at radius 2 is 1.87 bits per heavy atom. The van der Waals surface area contributed by atoms with Crippen LogP contribution in [0.5, 0.6) is 5.75 Å². The van der Waals surface area contributed by atoms with Crippen molar-refractivity contribution in [1.29, 1.82) is 0 Å². The Labute approximate surface area is 192 Å². The van der Waals surface area contributed by atoms with Crippen LogP contribution in [-0.2, 0) is 4.79 Å². The van der Waals surface area contributed by atoms with Crippen LogP contribution in [0, 0.1) is 6.92 Å². The monoisotopic (exact) mass is 476 g/mol. The lowest BCUT2D eigenvalue weighted by Crippen LogP contribution is -2.20. The van der Waals surface area contributed by atoms with Gasteiger partial charge < -0.3 is 10.1 Å². The fraction of sp³-hybridized carbons (Fsp3) is 0.0909. The molecule has 1 heterocycles. The van der Waals surface area contributed by atoms with E-state index >= 15 is 0 Å². The largest absolute Gasteiger partial charge is 0.483 e. The fourth-order valence-corrected chi connectivity index (χ4v) is 4.70. The molecule has 8 heteroatoms. The average Bonchev–Trinajstić information content (AvgIpc) is 3.13. The lowest BCUT2D eigenvalue weighted by Gasteiger charge is -2.12. The standard InChI is InChI=1S/C22H15Cl3N2O2S/c1-12-8-13(23)6-7-19(12)29-11-21(28)26-18-9-14(15(24)10-16(18)25)22-27-17-4-2-3-5-20(17)30-22/h2-10H,11H2,1H3,(H,26,28). The number of hydrogen-bond acceptors (Lipinski definition) is 4. The summed E-state index contributed by atoms with van der Waals surface area (Å²) in [7, 11) is 0. The number of carbonyl (C=O) groups is 1. The number of aryl methyl sites for hydroxylation is 1. The number of aromatic nitrogens is 1. The number of hydrogen-bond donors (Lipinski definition) is 1. The summed E-state index contributed by atoms with van der Waals surface area (Å²) in [6, 6.07) is 16.4. The molecular formula is C22H15Cl3N2O2S. The molecule has 0 spiro atoms. The number of halogens is 3. The van der Waals surface area contributed by atoms with Crippen molar-refractivity contribution in [3.8, 4) is 16.3 Å². The number of anilines is 1. The van der Waals surface area contributed by atoms with Crippen molar-refractivity contribution in [2.24, 2.45) is 0 Å². The Balaban J connectivity index is 1.53. The third kappa shape index (κ3) is 4.55. The smallest absolute Gasteiger partial charge is 0.262 e. The van der Waals surface area contributed by atoms with E-state index in [9.17, 15) is 4.79 Å². The normalized spacial score (nSPS) is 10.9. The van der Waals surface area contributed by atoms with E-state index in [1.165, 1.54) is 11.3 Å². The van der Waals surface area contributed by atoms with Crippen LogP contribution in [0.15, 0.2) is 54.6 Å². The molecule has 1 aromatic heterocycles. The van der Waals surface area contributed by atoms with Crippen molar-refractivity contribution in [2.75, 3.05) is 11.9 Å². The molecule has 0 saturated heterocycles. The average molecular weight is 478 g/mol. The Hall–Kier alpha value is -2.31. The Kier molecular flexibility index (Phi) is 6.16. The SMILES string of the molecule is Cc1cc(Cl)ccc1OCC(=O)Nc1cc(-c2nc3ccccc3s2)c(Cl)cc1Cl. The molecule has 1 N–H and O–H groups in total. The number of ether oxygens (including phenoxy) is 1. The summed E-state index contributed by atoms with van der Waals surface area (Å²) in [5.74, 6) is 0.246. The van der Waals surface area contributed by atoms with Gasteiger partial charge in [-0.2, -0.15) is 0 Å². The fourth-order valence-electron chi connectivity index (χ4n) is 2.90. The van der Waals surface area contributed by atoms with Gasteiger partial charge >= 0.3 is 0 Å². The highest BCUT2D eigenvalue weighted by Crippen LogP contribution is 2.38. The predicted molar refractivity (Wildman–Crippen MR) is 125 cm³/mol. The number of rotatable bonds is 5. The van der Waals surface area contributed by atoms with Crippen molar-refractivity contribution in [3.05, 3.63) is 75.2 Å². The first kappa shape index (κ1) is 20.9. The van der Waals surface area contributed by atoms with E-state index in [1.807, 2.05) is 31.2 Å². The quantitative estimate of drug-likeness (QED) is 0.329. The Bertz CT molecular complexity index is 1220. The highest BCUT2D eigenvalue weighted by Gasteiger charge is 2.15. The number of carbonyl (C=O) groups excluding carboxylic acids is 1. The number of amides is 1. The molecule has 4 aromatic rings. The van der Waals surface area contributed by atoms with Crippen molar-refractivity contribution < 1.29 is 9.53 Å². The molecule has 4 rings (SSSR count). The van der Waals surface area contributed by atoms with E-state index in [-0.39, 0.29) is 12.5 Å². The molecule has 0 saturated carbocycles. The van der Waals surface area contributed by atoms with Gasteiger partial charge in [-0.25, -0.2) is 4.98 Å². The molecule has 3 aromatic carbocycles. The number of para-hydroxylation sites is 1. The molecule has 0 fully saturated rings. The van der Waals surface area contributed by atoms with E-state index in [4.69, 9.17) is 39.5 Å². The number of fused-ring (bicyclic) bond motifs is 1. The number of nitrogens with zero attached hydrogens (tertiary/aromatic N) is 1. The summed E-state index contributed by atoms with van der Waals surface area (Å²) in [5.41, 5.74) is 2.88. The van der Waals surface area contributed by atoms with Gasteiger partial charge in [0.15, 0.2) is 6.61 Å². The molecule has 0 atom stereocenters. The second kappa shape index (κ2) is 8.82. The molecule has 152 valence electrons. The van der Waals surface area contributed by atoms with E-state index in [1.54, 1.807) is 30.3 Å². The third-order valence-electron chi connectivity index (χ3n) is 4.35. The highest BCUT2D eigenvalue weighted by atomic mass is 35.5. The van der Waals surface area contributed by atoms with Gasteiger partial charge in [0.25, 0.3) is 5.91 Å². The Morgan fingerprint density at radius 3 is 2.63 bits per heavy atom. The first-order valence-corrected chi connectivity index (χ1v) is 10.9. The topological polar surface area (TPSA) is 51.2 Å².